The van der Waals surface area contributed by atoms with Crippen LogP contribution in [0.2, 0.25) is 0 Å². The molecular weight excluding hydrogens is 374 g/mol. The minimum Gasteiger partial charge on any atom is -0.507 e. The van der Waals surface area contributed by atoms with Gasteiger partial charge in [0.15, 0.2) is 0 Å². The van der Waals surface area contributed by atoms with E-state index < -0.39 is 0 Å². The van der Waals surface area contributed by atoms with Crippen LogP contribution in [0, 0.1) is 5.92 Å². The SMILES string of the molecule is C=C(C)[C@@H]1CCC(C)=C[C@H]1c1c(O)cc(CCCCC)cc1OC(=O)N(CC)CC. The second-order valence-corrected chi connectivity index (χ2v) is 8.55. The summed E-state index contributed by atoms with van der Waals surface area (Å²) in [5.74, 6) is 0.881. The maximum absolute atomic E-state index is 12.8. The first-order valence-electron chi connectivity index (χ1n) is 11.5. The van der Waals surface area contributed by atoms with Crippen LogP contribution in [0.4, 0.5) is 4.79 Å². The van der Waals surface area contributed by atoms with Gasteiger partial charge in [-0.2, -0.15) is 0 Å². The maximum atomic E-state index is 12.8. The molecule has 0 saturated carbocycles. The van der Waals surface area contributed by atoms with E-state index in [0.29, 0.717) is 24.4 Å². The normalized spacial score (nSPS) is 18.6. The first-order valence-corrected chi connectivity index (χ1v) is 11.5. The summed E-state index contributed by atoms with van der Waals surface area (Å²) in [7, 11) is 0. The molecule has 0 aromatic heterocycles. The summed E-state index contributed by atoms with van der Waals surface area (Å²) < 4.78 is 5.90. The number of allylic oxidation sites excluding steroid dienone is 3. The van der Waals surface area contributed by atoms with Gasteiger partial charge in [0.1, 0.15) is 11.5 Å². The first kappa shape index (κ1) is 24.0. The Hall–Kier alpha value is -2.23. The fraction of sp³-hybridized carbons (Fsp3) is 0.577. The van der Waals surface area contributed by atoms with Crippen molar-refractivity contribution in [3.8, 4) is 11.5 Å². The minimum absolute atomic E-state index is 0.0413. The number of hydrogen-bond acceptors (Lipinski definition) is 3. The van der Waals surface area contributed by atoms with Gasteiger partial charge in [-0.3, -0.25) is 0 Å². The molecule has 30 heavy (non-hydrogen) atoms. The highest BCUT2D eigenvalue weighted by atomic mass is 16.6. The molecule has 0 spiro atoms. The van der Waals surface area contributed by atoms with E-state index >= 15 is 0 Å². The van der Waals surface area contributed by atoms with Crippen molar-refractivity contribution in [2.45, 2.75) is 79.1 Å². The van der Waals surface area contributed by atoms with E-state index in [4.69, 9.17) is 4.74 Å². The van der Waals surface area contributed by atoms with Crippen LogP contribution >= 0.6 is 0 Å². The molecule has 2 atom stereocenters. The fourth-order valence-electron chi connectivity index (χ4n) is 4.36. The van der Waals surface area contributed by atoms with Crippen molar-refractivity contribution in [1.82, 2.24) is 4.90 Å². The number of aryl methyl sites for hydroxylation is 1. The van der Waals surface area contributed by atoms with Crippen molar-refractivity contribution in [1.29, 1.82) is 0 Å². The highest BCUT2D eigenvalue weighted by Gasteiger charge is 2.31. The van der Waals surface area contributed by atoms with Crippen LogP contribution in [0.1, 0.15) is 83.8 Å². The molecule has 166 valence electrons. The maximum Gasteiger partial charge on any atom is 0.415 e. The quantitative estimate of drug-likeness (QED) is 0.351. The van der Waals surface area contributed by atoms with Gasteiger partial charge in [-0.25, -0.2) is 4.79 Å². The Morgan fingerprint density at radius 1 is 1.23 bits per heavy atom. The van der Waals surface area contributed by atoms with E-state index in [2.05, 4.69) is 26.5 Å². The molecule has 1 amide bonds. The summed E-state index contributed by atoms with van der Waals surface area (Å²) in [5.41, 5.74) is 4.11. The number of amides is 1. The molecule has 0 bridgehead atoms. The summed E-state index contributed by atoms with van der Waals surface area (Å²) in [6, 6.07) is 3.81. The third-order valence-electron chi connectivity index (χ3n) is 6.18. The Morgan fingerprint density at radius 3 is 2.53 bits per heavy atom. The number of ether oxygens (including phenoxy) is 1. The fourth-order valence-corrected chi connectivity index (χ4v) is 4.36. The molecular formula is C26H39NO3. The van der Waals surface area contributed by atoms with Gasteiger partial charge < -0.3 is 14.7 Å². The lowest BCUT2D eigenvalue weighted by molar-refractivity contribution is 0.156. The molecule has 0 unspecified atom stereocenters. The van der Waals surface area contributed by atoms with Gasteiger partial charge in [0.05, 0.1) is 0 Å². The Morgan fingerprint density at radius 2 is 1.93 bits per heavy atom. The van der Waals surface area contributed by atoms with Gasteiger partial charge in [0.25, 0.3) is 0 Å². The summed E-state index contributed by atoms with van der Waals surface area (Å²) in [6.45, 7) is 15.6. The molecule has 1 aromatic carbocycles. The number of benzene rings is 1. The van der Waals surface area contributed by atoms with Crippen molar-refractivity contribution >= 4 is 6.09 Å². The Bertz CT molecular complexity index is 777. The Labute approximate surface area is 182 Å². The lowest BCUT2D eigenvalue weighted by Gasteiger charge is -2.32. The van der Waals surface area contributed by atoms with Crippen LogP contribution in [-0.4, -0.2) is 29.2 Å². The van der Waals surface area contributed by atoms with Gasteiger partial charge in [-0.15, -0.1) is 0 Å². The van der Waals surface area contributed by atoms with Crippen LogP contribution in [0.3, 0.4) is 0 Å². The predicted molar refractivity (Wildman–Crippen MR) is 124 cm³/mol. The van der Waals surface area contributed by atoms with E-state index in [1.807, 2.05) is 32.9 Å². The third-order valence-corrected chi connectivity index (χ3v) is 6.18. The molecule has 0 heterocycles. The van der Waals surface area contributed by atoms with Crippen molar-refractivity contribution in [2.24, 2.45) is 5.92 Å². The summed E-state index contributed by atoms with van der Waals surface area (Å²) in [5, 5.41) is 11.1. The number of hydrogen-bond donors (Lipinski definition) is 1. The second-order valence-electron chi connectivity index (χ2n) is 8.55. The van der Waals surface area contributed by atoms with Crippen LogP contribution in [0.25, 0.3) is 0 Å². The lowest BCUT2D eigenvalue weighted by atomic mass is 9.73. The summed E-state index contributed by atoms with van der Waals surface area (Å²) in [4.78, 5) is 14.4. The minimum atomic E-state index is -0.366. The number of rotatable bonds is 9. The van der Waals surface area contributed by atoms with Crippen LogP contribution < -0.4 is 4.74 Å². The highest BCUT2D eigenvalue weighted by Crippen LogP contribution is 2.47. The molecule has 0 saturated heterocycles. The molecule has 4 nitrogen and oxygen atoms in total. The number of carbonyl (C=O) groups is 1. The number of phenolic OH excluding ortho intramolecular Hbond substituents is 1. The average molecular weight is 414 g/mol. The molecule has 0 radical (unpaired) electrons. The van der Waals surface area contributed by atoms with Gasteiger partial charge in [0.2, 0.25) is 0 Å². The van der Waals surface area contributed by atoms with E-state index in [1.54, 1.807) is 4.90 Å². The van der Waals surface area contributed by atoms with Gasteiger partial charge >= 0.3 is 6.09 Å². The molecule has 1 aliphatic carbocycles. The molecule has 0 aliphatic heterocycles. The van der Waals surface area contributed by atoms with E-state index in [0.717, 1.165) is 49.7 Å². The molecule has 2 rings (SSSR count). The number of aromatic hydroxyl groups is 1. The Balaban J connectivity index is 2.52. The van der Waals surface area contributed by atoms with Gasteiger partial charge in [-0.1, -0.05) is 43.6 Å². The number of nitrogens with zero attached hydrogens (tertiary/aromatic N) is 1. The number of phenols is 1. The van der Waals surface area contributed by atoms with E-state index in [-0.39, 0.29) is 23.7 Å². The standard InChI is InChI=1S/C26H39NO3/c1-7-10-11-12-20-16-23(28)25(22-15-19(6)13-14-21(22)18(4)5)24(17-20)30-26(29)27(8-2)9-3/h15-17,21-22,28H,4,7-14H2,1-3,5-6H3/t21-,22+/m0/s1. The number of unbranched alkanes of at least 4 members (excludes halogenated alkanes) is 2. The number of carbonyl (C=O) groups excluding carboxylic acids is 1. The van der Waals surface area contributed by atoms with Gasteiger partial charge in [-0.05, 0) is 77.0 Å². The molecule has 1 aromatic rings. The molecule has 0 fully saturated rings. The molecule has 1 aliphatic rings. The molecule has 4 heteroatoms. The topological polar surface area (TPSA) is 49.8 Å². The summed E-state index contributed by atoms with van der Waals surface area (Å²) in [6.07, 6.45) is 8.05. The highest BCUT2D eigenvalue weighted by molar-refractivity contribution is 5.72. The van der Waals surface area contributed by atoms with Crippen LogP contribution in [-0.2, 0) is 6.42 Å². The second kappa shape index (κ2) is 11.2. The predicted octanol–water partition coefficient (Wildman–Crippen LogP) is 6.98. The van der Waals surface area contributed by atoms with Crippen molar-refractivity contribution in [3.05, 3.63) is 47.1 Å². The zero-order valence-electron chi connectivity index (χ0n) is 19.5. The largest absolute Gasteiger partial charge is 0.507 e. The van der Waals surface area contributed by atoms with Gasteiger partial charge in [0, 0.05) is 24.6 Å². The van der Waals surface area contributed by atoms with Crippen molar-refractivity contribution < 1.29 is 14.6 Å². The third kappa shape index (κ3) is 5.90. The first-order chi connectivity index (χ1) is 14.3. The zero-order valence-corrected chi connectivity index (χ0v) is 19.5. The van der Waals surface area contributed by atoms with E-state index in [1.165, 1.54) is 5.57 Å². The smallest absolute Gasteiger partial charge is 0.415 e. The molecule has 1 N–H and O–H groups in total. The monoisotopic (exact) mass is 413 g/mol. The van der Waals surface area contributed by atoms with Crippen LogP contribution in [0.15, 0.2) is 35.9 Å². The summed E-state index contributed by atoms with van der Waals surface area (Å²) >= 11 is 0. The average Bonchev–Trinajstić information content (AvgIpc) is 2.68. The van der Waals surface area contributed by atoms with E-state index in [9.17, 15) is 9.90 Å². The van der Waals surface area contributed by atoms with Crippen molar-refractivity contribution in [3.63, 3.8) is 0 Å². The van der Waals surface area contributed by atoms with Crippen LogP contribution in [0.5, 0.6) is 11.5 Å². The lowest BCUT2D eigenvalue weighted by Crippen LogP contribution is -2.33. The zero-order chi connectivity index (χ0) is 22.3. The Kier molecular flexibility index (Phi) is 9.01. The van der Waals surface area contributed by atoms with Crippen molar-refractivity contribution in [2.75, 3.05) is 13.1 Å².